The van der Waals surface area contributed by atoms with Crippen molar-refractivity contribution in [3.05, 3.63) is 78.5 Å². The number of carbonyl (C=O) groups is 2. The van der Waals surface area contributed by atoms with E-state index in [0.29, 0.717) is 29.2 Å². The number of nitrogens with zero attached hydrogens (tertiary/aromatic N) is 1. The first-order valence-electron chi connectivity index (χ1n) is 9.78. The maximum Gasteiger partial charge on any atom is 0.328 e. The summed E-state index contributed by atoms with van der Waals surface area (Å²) in [5.74, 6) is 0.934. The van der Waals surface area contributed by atoms with Crippen LogP contribution in [0.4, 0.5) is 0 Å². The Morgan fingerprint density at radius 3 is 2.52 bits per heavy atom. The second-order valence-electron chi connectivity index (χ2n) is 6.67. The van der Waals surface area contributed by atoms with Crippen molar-refractivity contribution in [2.75, 3.05) is 19.1 Å². The molecule has 0 saturated carbocycles. The number of rotatable bonds is 9. The number of ether oxygens (including phenoxy) is 2. The third-order valence-corrected chi connectivity index (χ3v) is 5.23. The van der Waals surface area contributed by atoms with E-state index in [2.05, 4.69) is 10.3 Å². The van der Waals surface area contributed by atoms with Gasteiger partial charge in [0.25, 0.3) is 5.91 Å². The number of pyridine rings is 1. The van der Waals surface area contributed by atoms with Crippen LogP contribution in [0, 0.1) is 0 Å². The molecule has 1 N–H and O–H groups in total. The zero-order valence-electron chi connectivity index (χ0n) is 17.4. The topological polar surface area (TPSA) is 77.5 Å². The molecule has 1 aromatic heterocycles. The SMILES string of the molecule is COC(=O)[C@H](CCSC)NC(=O)c1ccc(Oc2ccccn2)cc1-c1ccccc1. The third kappa shape index (κ3) is 6.08. The van der Waals surface area contributed by atoms with Gasteiger partial charge in [0, 0.05) is 17.8 Å². The molecule has 2 aromatic carbocycles. The number of hydrogen-bond donors (Lipinski definition) is 1. The summed E-state index contributed by atoms with van der Waals surface area (Å²) in [4.78, 5) is 29.4. The lowest BCUT2D eigenvalue weighted by Gasteiger charge is -2.18. The lowest BCUT2D eigenvalue weighted by molar-refractivity contribution is -0.142. The van der Waals surface area contributed by atoms with Gasteiger partial charge in [-0.05, 0) is 53.8 Å². The van der Waals surface area contributed by atoms with Crippen molar-refractivity contribution in [3.63, 3.8) is 0 Å². The average Bonchev–Trinajstić information content (AvgIpc) is 2.82. The molecule has 31 heavy (non-hydrogen) atoms. The van der Waals surface area contributed by atoms with Crippen molar-refractivity contribution in [1.82, 2.24) is 10.3 Å². The van der Waals surface area contributed by atoms with E-state index < -0.39 is 12.0 Å². The van der Waals surface area contributed by atoms with Crippen LogP contribution in [-0.4, -0.2) is 42.0 Å². The summed E-state index contributed by atoms with van der Waals surface area (Å²) in [6.45, 7) is 0. The molecule has 0 unspecified atom stereocenters. The highest BCUT2D eigenvalue weighted by atomic mass is 32.2. The Balaban J connectivity index is 1.92. The molecular weight excluding hydrogens is 412 g/mol. The summed E-state index contributed by atoms with van der Waals surface area (Å²) in [6, 6.07) is 19.5. The fourth-order valence-corrected chi connectivity index (χ4v) is 3.50. The minimum absolute atomic E-state index is 0.347. The number of amides is 1. The lowest BCUT2D eigenvalue weighted by Crippen LogP contribution is -2.42. The molecule has 0 aliphatic rings. The largest absolute Gasteiger partial charge is 0.467 e. The van der Waals surface area contributed by atoms with Gasteiger partial charge in [0.2, 0.25) is 5.88 Å². The smallest absolute Gasteiger partial charge is 0.328 e. The van der Waals surface area contributed by atoms with E-state index in [1.54, 1.807) is 42.2 Å². The molecule has 0 saturated heterocycles. The van der Waals surface area contributed by atoms with E-state index in [1.807, 2.05) is 48.7 Å². The van der Waals surface area contributed by atoms with E-state index >= 15 is 0 Å². The molecule has 0 aliphatic carbocycles. The standard InChI is InChI=1S/C24H24N2O4S/c1-29-24(28)21(13-15-31-2)26-23(27)19-12-11-18(30-22-10-6-7-14-25-22)16-20(19)17-8-4-3-5-9-17/h3-12,14,16,21H,13,15H2,1-2H3,(H,26,27)/t21-/m0/s1. The van der Waals surface area contributed by atoms with Crippen molar-refractivity contribution in [3.8, 4) is 22.8 Å². The molecule has 0 spiro atoms. The van der Waals surface area contributed by atoms with Gasteiger partial charge in [0.05, 0.1) is 7.11 Å². The monoisotopic (exact) mass is 436 g/mol. The second-order valence-corrected chi connectivity index (χ2v) is 7.66. The fourth-order valence-electron chi connectivity index (χ4n) is 3.03. The van der Waals surface area contributed by atoms with Gasteiger partial charge in [-0.1, -0.05) is 36.4 Å². The van der Waals surface area contributed by atoms with E-state index in [0.717, 1.165) is 11.3 Å². The Bertz CT molecular complexity index is 1010. The second kappa shape index (κ2) is 11.2. The molecule has 0 fully saturated rings. The summed E-state index contributed by atoms with van der Waals surface area (Å²) in [5.41, 5.74) is 2.00. The Morgan fingerprint density at radius 1 is 1.06 bits per heavy atom. The molecule has 1 amide bonds. The Hall–Kier alpha value is -3.32. The summed E-state index contributed by atoms with van der Waals surface area (Å²) < 4.78 is 10.7. The predicted molar refractivity (Wildman–Crippen MR) is 122 cm³/mol. The molecule has 0 aliphatic heterocycles. The first-order chi connectivity index (χ1) is 15.1. The Morgan fingerprint density at radius 2 is 1.84 bits per heavy atom. The fraction of sp³-hybridized carbons (Fsp3) is 0.208. The van der Waals surface area contributed by atoms with Crippen LogP contribution in [0.5, 0.6) is 11.6 Å². The van der Waals surface area contributed by atoms with Gasteiger partial charge in [0.1, 0.15) is 11.8 Å². The predicted octanol–water partition coefficient (Wildman–Crippen LogP) is 4.57. The van der Waals surface area contributed by atoms with Crippen molar-refractivity contribution in [2.24, 2.45) is 0 Å². The summed E-state index contributed by atoms with van der Waals surface area (Å²) in [5, 5.41) is 2.82. The van der Waals surface area contributed by atoms with Crippen molar-refractivity contribution in [2.45, 2.75) is 12.5 Å². The highest BCUT2D eigenvalue weighted by molar-refractivity contribution is 7.98. The van der Waals surface area contributed by atoms with Crippen LogP contribution in [0.1, 0.15) is 16.8 Å². The summed E-state index contributed by atoms with van der Waals surface area (Å²) in [7, 11) is 1.32. The van der Waals surface area contributed by atoms with Crippen molar-refractivity contribution in [1.29, 1.82) is 0 Å². The van der Waals surface area contributed by atoms with Crippen LogP contribution in [0.15, 0.2) is 72.9 Å². The molecule has 160 valence electrons. The number of carbonyl (C=O) groups excluding carboxylic acids is 2. The number of esters is 1. The summed E-state index contributed by atoms with van der Waals surface area (Å²) in [6.07, 6.45) is 4.09. The maximum absolute atomic E-state index is 13.1. The van der Waals surface area contributed by atoms with Gasteiger partial charge in [0.15, 0.2) is 0 Å². The quantitative estimate of drug-likeness (QED) is 0.495. The number of thioether (sulfide) groups is 1. The number of methoxy groups -OCH3 is 1. The minimum Gasteiger partial charge on any atom is -0.467 e. The van der Waals surface area contributed by atoms with Gasteiger partial charge in [-0.3, -0.25) is 4.79 Å². The molecule has 1 heterocycles. The Labute approximate surface area is 186 Å². The van der Waals surface area contributed by atoms with E-state index in [9.17, 15) is 9.59 Å². The molecular formula is C24H24N2O4S. The number of hydrogen-bond acceptors (Lipinski definition) is 6. The average molecular weight is 437 g/mol. The maximum atomic E-state index is 13.1. The first kappa shape index (κ1) is 22.4. The molecule has 1 atom stereocenters. The zero-order chi connectivity index (χ0) is 22.1. The molecule has 3 aromatic rings. The number of benzene rings is 2. The molecule has 3 rings (SSSR count). The lowest BCUT2D eigenvalue weighted by atomic mass is 9.98. The minimum atomic E-state index is -0.710. The number of aromatic nitrogens is 1. The number of nitrogens with one attached hydrogen (secondary N) is 1. The molecule has 0 radical (unpaired) electrons. The molecule has 0 bridgehead atoms. The van der Waals surface area contributed by atoms with Gasteiger partial charge in [-0.25, -0.2) is 9.78 Å². The summed E-state index contributed by atoms with van der Waals surface area (Å²) >= 11 is 1.60. The zero-order valence-corrected chi connectivity index (χ0v) is 18.2. The van der Waals surface area contributed by atoms with Crippen molar-refractivity contribution >= 4 is 23.6 Å². The van der Waals surface area contributed by atoms with Crippen molar-refractivity contribution < 1.29 is 19.1 Å². The van der Waals surface area contributed by atoms with Crippen LogP contribution in [0.25, 0.3) is 11.1 Å². The molecule has 6 nitrogen and oxygen atoms in total. The van der Waals surface area contributed by atoms with Crippen LogP contribution < -0.4 is 10.1 Å². The first-order valence-corrected chi connectivity index (χ1v) is 11.2. The van der Waals surface area contributed by atoms with Crippen LogP contribution in [0.3, 0.4) is 0 Å². The Kier molecular flexibility index (Phi) is 8.06. The third-order valence-electron chi connectivity index (χ3n) is 4.58. The highest BCUT2D eigenvalue weighted by Crippen LogP contribution is 2.30. The van der Waals surface area contributed by atoms with Crippen LogP contribution in [-0.2, 0) is 9.53 Å². The van der Waals surface area contributed by atoms with Gasteiger partial charge >= 0.3 is 5.97 Å². The van der Waals surface area contributed by atoms with Gasteiger partial charge in [-0.15, -0.1) is 0 Å². The van der Waals surface area contributed by atoms with E-state index in [4.69, 9.17) is 9.47 Å². The van der Waals surface area contributed by atoms with Gasteiger partial charge < -0.3 is 14.8 Å². The van der Waals surface area contributed by atoms with Crippen LogP contribution in [0.2, 0.25) is 0 Å². The van der Waals surface area contributed by atoms with Gasteiger partial charge in [-0.2, -0.15) is 11.8 Å². The highest BCUT2D eigenvalue weighted by Gasteiger charge is 2.23. The molecule has 7 heteroatoms. The normalized spacial score (nSPS) is 11.4. The van der Waals surface area contributed by atoms with E-state index in [-0.39, 0.29) is 5.91 Å². The van der Waals surface area contributed by atoms with Crippen LogP contribution >= 0.6 is 11.8 Å². The van der Waals surface area contributed by atoms with E-state index in [1.165, 1.54) is 7.11 Å².